The number of carbonyl (C=O) groups is 1. The molecule has 0 atom stereocenters. The quantitative estimate of drug-likeness (QED) is 0.925. The maximum atomic E-state index is 12.5. The van der Waals surface area contributed by atoms with Crippen LogP contribution in [0.5, 0.6) is 0 Å². The molecule has 5 nitrogen and oxygen atoms in total. The lowest BCUT2D eigenvalue weighted by molar-refractivity contribution is -0.116. The molecule has 0 unspecified atom stereocenters. The zero-order chi connectivity index (χ0) is 16.6. The molecule has 23 heavy (non-hydrogen) atoms. The second-order valence-electron chi connectivity index (χ2n) is 5.32. The van der Waals surface area contributed by atoms with Gasteiger partial charge in [-0.1, -0.05) is 11.6 Å². The predicted octanol–water partition coefficient (Wildman–Crippen LogP) is 3.05. The molecule has 1 N–H and O–H groups in total. The molecular formula is C16H15ClN2O3S. The average Bonchev–Trinajstić information content (AvgIpc) is 2.92. The third kappa shape index (κ3) is 3.18. The van der Waals surface area contributed by atoms with Crippen molar-refractivity contribution < 1.29 is 13.2 Å². The largest absolute Gasteiger partial charge is 0.312 e. The minimum atomic E-state index is -3.68. The Bertz CT molecular complexity index is 863. The van der Waals surface area contributed by atoms with Crippen molar-refractivity contribution in [1.29, 1.82) is 0 Å². The highest BCUT2D eigenvalue weighted by atomic mass is 35.5. The maximum absolute atomic E-state index is 12.5. The predicted molar refractivity (Wildman–Crippen MR) is 90.4 cm³/mol. The van der Waals surface area contributed by atoms with Gasteiger partial charge in [0, 0.05) is 29.9 Å². The fraction of sp³-hybridized carbons (Fsp3) is 0.188. The number of amides is 1. The number of rotatable bonds is 3. The molecule has 0 saturated heterocycles. The van der Waals surface area contributed by atoms with Gasteiger partial charge in [-0.15, -0.1) is 0 Å². The van der Waals surface area contributed by atoms with Crippen LogP contribution in [-0.2, 0) is 21.2 Å². The van der Waals surface area contributed by atoms with Gasteiger partial charge in [-0.25, -0.2) is 8.42 Å². The van der Waals surface area contributed by atoms with Crippen LogP contribution in [0.2, 0.25) is 5.02 Å². The molecule has 2 aromatic carbocycles. The number of anilines is 2. The summed E-state index contributed by atoms with van der Waals surface area (Å²) in [6.45, 7) is 2.08. The monoisotopic (exact) mass is 350 g/mol. The topological polar surface area (TPSA) is 66.5 Å². The molecule has 1 heterocycles. The molecule has 1 aliphatic rings. The van der Waals surface area contributed by atoms with Gasteiger partial charge in [0.1, 0.15) is 0 Å². The fourth-order valence-electron chi connectivity index (χ4n) is 2.60. The number of nitrogens with one attached hydrogen (secondary N) is 1. The Hall–Kier alpha value is -2.05. The highest BCUT2D eigenvalue weighted by Crippen LogP contribution is 2.30. The van der Waals surface area contributed by atoms with Crippen molar-refractivity contribution >= 4 is 38.9 Å². The summed E-state index contributed by atoms with van der Waals surface area (Å²) in [5, 5.41) is 0.537. The molecule has 3 rings (SSSR count). The fourth-order valence-corrected chi connectivity index (χ4v) is 3.84. The number of nitrogens with zero attached hydrogens (tertiary/aromatic N) is 1. The van der Waals surface area contributed by atoms with Gasteiger partial charge in [0.25, 0.3) is 10.0 Å². The Morgan fingerprint density at radius 1 is 1.17 bits per heavy atom. The Morgan fingerprint density at radius 3 is 2.52 bits per heavy atom. The minimum absolute atomic E-state index is 0.0429. The van der Waals surface area contributed by atoms with E-state index in [9.17, 15) is 13.2 Å². The van der Waals surface area contributed by atoms with E-state index in [1.54, 1.807) is 41.3 Å². The first-order valence-electron chi connectivity index (χ1n) is 7.06. The number of hydrogen-bond donors (Lipinski definition) is 1. The SMILES string of the molecule is CC(=O)N1CCc2cc(S(=O)(=O)Nc3ccc(Cl)cc3)ccc21. The molecule has 0 saturated carbocycles. The molecule has 1 amide bonds. The van der Waals surface area contributed by atoms with Crippen LogP contribution in [-0.4, -0.2) is 20.9 Å². The van der Waals surface area contributed by atoms with Crippen LogP contribution in [0.15, 0.2) is 47.4 Å². The molecule has 120 valence electrons. The number of sulfonamides is 1. The lowest BCUT2D eigenvalue weighted by Gasteiger charge is -2.15. The first kappa shape index (κ1) is 15.8. The minimum Gasteiger partial charge on any atom is -0.312 e. The highest BCUT2D eigenvalue weighted by Gasteiger charge is 2.24. The van der Waals surface area contributed by atoms with Crippen LogP contribution < -0.4 is 9.62 Å². The van der Waals surface area contributed by atoms with Gasteiger partial charge in [-0.3, -0.25) is 9.52 Å². The van der Waals surface area contributed by atoms with Gasteiger partial charge in [-0.2, -0.15) is 0 Å². The molecule has 0 bridgehead atoms. The molecule has 0 spiro atoms. The molecule has 0 aromatic heterocycles. The second-order valence-corrected chi connectivity index (χ2v) is 7.44. The van der Waals surface area contributed by atoms with Crippen LogP contribution >= 0.6 is 11.6 Å². The number of carbonyl (C=O) groups excluding carboxylic acids is 1. The van der Waals surface area contributed by atoms with E-state index in [-0.39, 0.29) is 10.8 Å². The molecule has 1 aliphatic heterocycles. The Balaban J connectivity index is 1.89. The van der Waals surface area contributed by atoms with Crippen molar-refractivity contribution in [2.75, 3.05) is 16.2 Å². The summed E-state index contributed by atoms with van der Waals surface area (Å²) in [6, 6.07) is 11.3. The highest BCUT2D eigenvalue weighted by molar-refractivity contribution is 7.92. The van der Waals surface area contributed by atoms with E-state index in [0.29, 0.717) is 23.7 Å². The van der Waals surface area contributed by atoms with Crippen LogP contribution in [0.1, 0.15) is 12.5 Å². The van der Waals surface area contributed by atoms with Gasteiger partial charge in [0.15, 0.2) is 0 Å². The summed E-state index contributed by atoms with van der Waals surface area (Å²) in [4.78, 5) is 13.4. The van der Waals surface area contributed by atoms with E-state index < -0.39 is 10.0 Å². The molecule has 7 heteroatoms. The van der Waals surface area contributed by atoms with Gasteiger partial charge >= 0.3 is 0 Å². The zero-order valence-corrected chi connectivity index (χ0v) is 14.0. The van der Waals surface area contributed by atoms with E-state index in [1.165, 1.54) is 13.0 Å². The van der Waals surface area contributed by atoms with E-state index in [1.807, 2.05) is 0 Å². The van der Waals surface area contributed by atoms with Gasteiger partial charge < -0.3 is 4.90 Å². The number of benzene rings is 2. The standard InChI is InChI=1S/C16H15ClN2O3S/c1-11(20)19-9-8-12-10-15(6-7-16(12)19)23(21,22)18-14-4-2-13(17)3-5-14/h2-7,10,18H,8-9H2,1H3. The van der Waals surface area contributed by atoms with Crippen molar-refractivity contribution in [2.45, 2.75) is 18.2 Å². The number of halogens is 1. The maximum Gasteiger partial charge on any atom is 0.261 e. The normalized spacial score (nSPS) is 13.7. The number of fused-ring (bicyclic) bond motifs is 1. The third-order valence-electron chi connectivity index (χ3n) is 3.73. The van der Waals surface area contributed by atoms with Crippen molar-refractivity contribution in [3.05, 3.63) is 53.1 Å². The summed E-state index contributed by atoms with van der Waals surface area (Å²) >= 11 is 5.79. The smallest absolute Gasteiger partial charge is 0.261 e. The van der Waals surface area contributed by atoms with Crippen molar-refractivity contribution in [1.82, 2.24) is 0 Å². The summed E-state index contributed by atoms with van der Waals surface area (Å²) in [5.41, 5.74) is 2.09. The molecule has 0 fully saturated rings. The Kier molecular flexibility index (Phi) is 4.04. The lowest BCUT2D eigenvalue weighted by Crippen LogP contribution is -2.25. The molecule has 0 radical (unpaired) electrons. The second kappa shape index (κ2) is 5.86. The first-order chi connectivity index (χ1) is 10.9. The summed E-state index contributed by atoms with van der Waals surface area (Å²) in [7, 11) is -3.68. The Morgan fingerprint density at radius 2 is 1.87 bits per heavy atom. The van der Waals surface area contributed by atoms with Crippen LogP contribution in [0.3, 0.4) is 0 Å². The summed E-state index contributed by atoms with van der Waals surface area (Å²) < 4.78 is 27.5. The molecule has 0 aliphatic carbocycles. The summed E-state index contributed by atoms with van der Waals surface area (Å²) in [6.07, 6.45) is 0.652. The van der Waals surface area contributed by atoms with Crippen molar-refractivity contribution in [2.24, 2.45) is 0 Å². The number of hydrogen-bond acceptors (Lipinski definition) is 3. The zero-order valence-electron chi connectivity index (χ0n) is 12.4. The van der Waals surface area contributed by atoms with Crippen LogP contribution in [0.4, 0.5) is 11.4 Å². The first-order valence-corrected chi connectivity index (χ1v) is 8.92. The van der Waals surface area contributed by atoms with E-state index in [0.717, 1.165) is 11.3 Å². The average molecular weight is 351 g/mol. The molecule has 2 aromatic rings. The van der Waals surface area contributed by atoms with Crippen LogP contribution in [0, 0.1) is 0 Å². The van der Waals surface area contributed by atoms with Gasteiger partial charge in [0.2, 0.25) is 5.91 Å². The van der Waals surface area contributed by atoms with E-state index >= 15 is 0 Å². The Labute approximate surface area is 139 Å². The van der Waals surface area contributed by atoms with Crippen molar-refractivity contribution in [3.63, 3.8) is 0 Å². The van der Waals surface area contributed by atoms with Crippen molar-refractivity contribution in [3.8, 4) is 0 Å². The summed E-state index contributed by atoms with van der Waals surface area (Å²) in [5.74, 6) is -0.0429. The van der Waals surface area contributed by atoms with Gasteiger partial charge in [0.05, 0.1) is 4.90 Å². The van der Waals surface area contributed by atoms with E-state index in [4.69, 9.17) is 11.6 Å². The molecular weight excluding hydrogens is 336 g/mol. The van der Waals surface area contributed by atoms with E-state index in [2.05, 4.69) is 4.72 Å². The lowest BCUT2D eigenvalue weighted by atomic mass is 10.2. The van der Waals surface area contributed by atoms with Crippen LogP contribution in [0.25, 0.3) is 0 Å². The third-order valence-corrected chi connectivity index (χ3v) is 5.36. The van der Waals surface area contributed by atoms with Gasteiger partial charge in [-0.05, 0) is 54.4 Å².